The van der Waals surface area contributed by atoms with E-state index in [-0.39, 0.29) is 46.5 Å². The monoisotopic (exact) mass is 626 g/mol. The van der Waals surface area contributed by atoms with Crippen LogP contribution in [-0.4, -0.2) is 73.0 Å². The largest absolute Gasteiger partial charge is 0.381 e. The molecule has 3 fully saturated rings. The molecule has 1 amide bonds. The van der Waals surface area contributed by atoms with Crippen LogP contribution in [0, 0.1) is 34.3 Å². The minimum Gasteiger partial charge on any atom is -0.381 e. The number of pyridine rings is 1. The zero-order valence-corrected chi connectivity index (χ0v) is 25.3. The normalized spacial score (nSPS) is 19.9. The van der Waals surface area contributed by atoms with Gasteiger partial charge in [-0.3, -0.25) is 9.59 Å². The molecule has 45 heavy (non-hydrogen) atoms. The molecule has 2 aromatic carbocycles. The van der Waals surface area contributed by atoms with Gasteiger partial charge in [0.1, 0.15) is 33.7 Å². The number of ketones is 1. The second-order valence-corrected chi connectivity index (χ2v) is 13.5. The van der Waals surface area contributed by atoms with Gasteiger partial charge in [0.05, 0.1) is 18.2 Å². The number of carbonyl (C=O) groups excluding carboxylic acids is 2. The SMILES string of the molecule is CN(c1nc(-c2ccc(F)cc2)c(C#N)s1)c1c2c(nc3c(F)cc(N4CC5(CN(C(=O)[C@H]6CCOC6)C5)C4)cc13)C(=O)CC2. The number of carbonyl (C=O) groups is 2. The molecule has 0 N–H and O–H groups in total. The smallest absolute Gasteiger partial charge is 0.228 e. The molecule has 4 aliphatic rings. The van der Waals surface area contributed by atoms with Gasteiger partial charge in [-0.2, -0.15) is 5.26 Å². The number of nitrogens with zero attached hydrogens (tertiary/aromatic N) is 6. The summed E-state index contributed by atoms with van der Waals surface area (Å²) >= 11 is 1.18. The summed E-state index contributed by atoms with van der Waals surface area (Å²) in [6.45, 7) is 3.95. The number of Topliss-reactive ketones (excluding diaryl/α,β-unsaturated/α-hetero) is 1. The lowest BCUT2D eigenvalue weighted by molar-refractivity contribution is -0.149. The van der Waals surface area contributed by atoms with Crippen molar-refractivity contribution in [3.63, 3.8) is 0 Å². The highest BCUT2D eigenvalue weighted by Crippen LogP contribution is 2.46. The summed E-state index contributed by atoms with van der Waals surface area (Å²) in [5.74, 6) is -0.914. The van der Waals surface area contributed by atoms with Crippen LogP contribution >= 0.6 is 11.3 Å². The maximum atomic E-state index is 15.8. The van der Waals surface area contributed by atoms with E-state index < -0.39 is 5.82 Å². The van der Waals surface area contributed by atoms with E-state index in [1.807, 2.05) is 15.9 Å². The number of rotatable bonds is 5. The van der Waals surface area contributed by atoms with Crippen molar-refractivity contribution in [3.8, 4) is 17.3 Å². The molecule has 228 valence electrons. The number of nitriles is 1. The Labute approximate surface area is 261 Å². The third-order valence-corrected chi connectivity index (χ3v) is 10.5. The number of aromatic nitrogens is 2. The Hall–Kier alpha value is -4.47. The highest BCUT2D eigenvalue weighted by atomic mass is 32.1. The average Bonchev–Trinajstić information content (AvgIpc) is 3.76. The summed E-state index contributed by atoms with van der Waals surface area (Å²) in [7, 11) is 1.80. The Bertz CT molecular complexity index is 1930. The summed E-state index contributed by atoms with van der Waals surface area (Å²) < 4.78 is 34.8. The molecule has 0 saturated carbocycles. The fourth-order valence-corrected chi connectivity index (χ4v) is 8.06. The van der Waals surface area contributed by atoms with Crippen molar-refractivity contribution in [2.45, 2.75) is 19.3 Å². The van der Waals surface area contributed by atoms with Gasteiger partial charge in [-0.1, -0.05) is 11.3 Å². The maximum absolute atomic E-state index is 15.8. The molecule has 0 bridgehead atoms. The van der Waals surface area contributed by atoms with Gasteiger partial charge in [-0.25, -0.2) is 18.7 Å². The number of ether oxygens (including phenoxy) is 1. The van der Waals surface area contributed by atoms with Crippen LogP contribution in [-0.2, 0) is 16.0 Å². The quantitative estimate of drug-likeness (QED) is 0.302. The summed E-state index contributed by atoms with van der Waals surface area (Å²) in [6, 6.07) is 11.4. The Kier molecular flexibility index (Phi) is 6.41. The average molecular weight is 627 g/mol. The highest BCUT2D eigenvalue weighted by molar-refractivity contribution is 7.16. The molecule has 0 unspecified atom stereocenters. The summed E-state index contributed by atoms with van der Waals surface area (Å²) in [6.07, 6.45) is 1.52. The minimum absolute atomic E-state index is 0.00805. The predicted octanol–water partition coefficient (Wildman–Crippen LogP) is 5.09. The third kappa shape index (κ3) is 4.48. The number of hydrogen-bond donors (Lipinski definition) is 0. The first-order valence-corrected chi connectivity index (χ1v) is 15.8. The molecule has 3 saturated heterocycles. The fraction of sp³-hybridized carbons (Fsp3) is 0.364. The number of hydrogen-bond acceptors (Lipinski definition) is 9. The Morgan fingerprint density at radius 3 is 2.60 bits per heavy atom. The molecule has 2 aromatic heterocycles. The zero-order chi connectivity index (χ0) is 31.0. The van der Waals surface area contributed by atoms with Gasteiger partial charge in [0.25, 0.3) is 0 Å². The molecular weight excluding hydrogens is 598 g/mol. The standard InChI is InChI=1S/C33H28F2N6O3S/c1-39(32-38-27(26(12-36)45-32)18-2-4-20(34)5-3-18)30-22-6-7-25(42)29(22)37-28-23(30)10-21(11-24(28)35)40-14-33(15-40)16-41(17-33)31(43)19-8-9-44-13-19/h2-5,10-11,19H,6-9,13-17H2,1H3/t19-/m0/s1. The van der Waals surface area contributed by atoms with Gasteiger partial charge in [0, 0.05) is 73.9 Å². The van der Waals surface area contributed by atoms with E-state index in [9.17, 15) is 19.2 Å². The van der Waals surface area contributed by atoms with Crippen molar-refractivity contribution in [2.75, 3.05) is 56.2 Å². The number of fused-ring (bicyclic) bond motifs is 2. The second kappa shape index (κ2) is 10.3. The third-order valence-electron chi connectivity index (χ3n) is 9.48. The first-order valence-electron chi connectivity index (χ1n) is 14.9. The van der Waals surface area contributed by atoms with Crippen LogP contribution in [0.3, 0.4) is 0 Å². The molecule has 5 heterocycles. The lowest BCUT2D eigenvalue weighted by atomic mass is 9.72. The van der Waals surface area contributed by atoms with Crippen LogP contribution < -0.4 is 9.80 Å². The van der Waals surface area contributed by atoms with Gasteiger partial charge in [0.15, 0.2) is 16.7 Å². The van der Waals surface area contributed by atoms with Crippen molar-refractivity contribution in [1.82, 2.24) is 14.9 Å². The molecule has 0 radical (unpaired) electrons. The summed E-state index contributed by atoms with van der Waals surface area (Å²) in [5.41, 5.74) is 3.50. The van der Waals surface area contributed by atoms with Crippen LogP contribution in [0.25, 0.3) is 22.2 Å². The first kappa shape index (κ1) is 28.0. The summed E-state index contributed by atoms with van der Waals surface area (Å²) in [4.78, 5) is 41.1. The number of halogens is 2. The van der Waals surface area contributed by atoms with Crippen LogP contribution in [0.15, 0.2) is 36.4 Å². The Balaban J connectivity index is 1.13. The molecule has 4 aromatic rings. The number of anilines is 3. The van der Waals surface area contributed by atoms with E-state index in [0.717, 1.165) is 12.0 Å². The molecule has 9 nitrogen and oxygen atoms in total. The van der Waals surface area contributed by atoms with Crippen molar-refractivity contribution >= 4 is 50.4 Å². The van der Waals surface area contributed by atoms with E-state index >= 15 is 4.39 Å². The highest BCUT2D eigenvalue weighted by Gasteiger charge is 2.54. The van der Waals surface area contributed by atoms with E-state index in [4.69, 9.17) is 9.72 Å². The van der Waals surface area contributed by atoms with Gasteiger partial charge < -0.3 is 19.4 Å². The van der Waals surface area contributed by atoms with E-state index in [2.05, 4.69) is 16.0 Å². The van der Waals surface area contributed by atoms with Crippen LogP contribution in [0.2, 0.25) is 0 Å². The number of benzene rings is 2. The van der Waals surface area contributed by atoms with Gasteiger partial charge >= 0.3 is 0 Å². The van der Waals surface area contributed by atoms with E-state index in [1.54, 1.807) is 19.2 Å². The van der Waals surface area contributed by atoms with Crippen LogP contribution in [0.5, 0.6) is 0 Å². The summed E-state index contributed by atoms with van der Waals surface area (Å²) in [5, 5.41) is 10.9. The van der Waals surface area contributed by atoms with Crippen molar-refractivity contribution in [1.29, 1.82) is 5.26 Å². The van der Waals surface area contributed by atoms with Gasteiger partial charge in [-0.05, 0) is 49.2 Å². The molecule has 1 spiro atoms. The van der Waals surface area contributed by atoms with Crippen LogP contribution in [0.4, 0.5) is 25.3 Å². The molecule has 12 heteroatoms. The Morgan fingerprint density at radius 2 is 1.89 bits per heavy atom. The molecule has 8 rings (SSSR count). The van der Waals surface area contributed by atoms with E-state index in [0.29, 0.717) is 83.8 Å². The van der Waals surface area contributed by atoms with Gasteiger partial charge in [-0.15, -0.1) is 0 Å². The lowest BCUT2D eigenvalue weighted by Crippen LogP contribution is -2.73. The Morgan fingerprint density at radius 1 is 1.11 bits per heavy atom. The van der Waals surface area contributed by atoms with Crippen molar-refractivity contribution in [2.24, 2.45) is 11.3 Å². The van der Waals surface area contributed by atoms with Gasteiger partial charge in [0.2, 0.25) is 5.91 Å². The number of thiazole rings is 1. The number of amides is 1. The minimum atomic E-state index is -0.517. The molecule has 1 atom stereocenters. The first-order chi connectivity index (χ1) is 21.7. The van der Waals surface area contributed by atoms with Crippen molar-refractivity contribution < 1.29 is 23.1 Å². The zero-order valence-electron chi connectivity index (χ0n) is 24.5. The fourth-order valence-electron chi connectivity index (χ4n) is 7.20. The molecule has 1 aliphatic carbocycles. The molecular formula is C33H28F2N6O3S. The molecule has 3 aliphatic heterocycles. The lowest BCUT2D eigenvalue weighted by Gasteiger charge is -2.61. The second-order valence-electron chi connectivity index (χ2n) is 12.5. The van der Waals surface area contributed by atoms with Crippen LogP contribution in [0.1, 0.15) is 33.8 Å². The maximum Gasteiger partial charge on any atom is 0.228 e. The van der Waals surface area contributed by atoms with Crippen molar-refractivity contribution in [3.05, 3.63) is 64.2 Å². The number of likely N-dealkylation sites (tertiary alicyclic amines) is 1. The van der Waals surface area contributed by atoms with E-state index in [1.165, 1.54) is 29.5 Å². The topological polar surface area (TPSA) is 103 Å². The predicted molar refractivity (Wildman–Crippen MR) is 165 cm³/mol.